The molecule has 0 aromatic carbocycles. The van der Waals surface area contributed by atoms with Gasteiger partial charge in [-0.15, -0.1) is 0 Å². The van der Waals surface area contributed by atoms with E-state index in [1.54, 1.807) is 6.92 Å². The average molecular weight is 132 g/mol. The Bertz CT molecular complexity index is 88.3. The van der Waals surface area contributed by atoms with E-state index >= 15 is 0 Å². The van der Waals surface area contributed by atoms with Gasteiger partial charge in [0, 0.05) is 6.42 Å². The highest BCUT2D eigenvalue weighted by atomic mass is 16.6. The molecule has 0 heterocycles. The van der Waals surface area contributed by atoms with Crippen molar-refractivity contribution < 1.29 is 14.9 Å². The van der Waals surface area contributed by atoms with Gasteiger partial charge in [-0.3, -0.25) is 0 Å². The van der Waals surface area contributed by atoms with E-state index in [1.807, 2.05) is 0 Å². The minimum absolute atomic E-state index is 0.296. The molecular weight excluding hydrogens is 120 g/mol. The molecule has 54 valence electrons. The zero-order valence-electron chi connectivity index (χ0n) is 5.50. The Morgan fingerprint density at radius 1 is 1.78 bits per heavy atom. The van der Waals surface area contributed by atoms with Crippen LogP contribution in [0.1, 0.15) is 13.3 Å². The van der Waals surface area contributed by atoms with Crippen molar-refractivity contribution in [2.45, 2.75) is 19.4 Å². The molecule has 0 aliphatic carbocycles. The van der Waals surface area contributed by atoms with E-state index < -0.39 is 0 Å². The molecule has 0 saturated carbocycles. The highest BCUT2D eigenvalue weighted by molar-refractivity contribution is 4.62. The Labute approximate surface area is 54.6 Å². The lowest BCUT2D eigenvalue weighted by Crippen LogP contribution is -2.04. The van der Waals surface area contributed by atoms with Gasteiger partial charge in [0.15, 0.2) is 0 Å². The Kier molecular flexibility index (Phi) is 3.88. The van der Waals surface area contributed by atoms with Crippen LogP contribution in [0.4, 0.5) is 0 Å². The summed E-state index contributed by atoms with van der Waals surface area (Å²) in [7, 11) is 0. The first kappa shape index (κ1) is 8.30. The van der Waals surface area contributed by atoms with Crippen molar-refractivity contribution in [3.8, 4) is 0 Å². The summed E-state index contributed by atoms with van der Waals surface area (Å²) in [4.78, 5) is 0. The summed E-state index contributed by atoms with van der Waals surface area (Å²) in [6.45, 7) is 5.07. The van der Waals surface area contributed by atoms with E-state index in [9.17, 15) is 0 Å². The fourth-order valence-electron chi connectivity index (χ4n) is 0.347. The zero-order valence-corrected chi connectivity index (χ0v) is 5.50. The minimum atomic E-state index is -0.385. The van der Waals surface area contributed by atoms with E-state index in [4.69, 9.17) is 10.2 Å². The van der Waals surface area contributed by atoms with Crippen LogP contribution in [0.2, 0.25) is 0 Å². The summed E-state index contributed by atoms with van der Waals surface area (Å²) in [5.74, 6) is -0.296. The Balaban J connectivity index is 3.01. The third kappa shape index (κ3) is 7.30. The van der Waals surface area contributed by atoms with Gasteiger partial charge < -0.3 is 14.9 Å². The van der Waals surface area contributed by atoms with Crippen LogP contribution in [0.25, 0.3) is 0 Å². The molecule has 0 saturated heterocycles. The predicted molar refractivity (Wildman–Crippen MR) is 34.0 cm³/mol. The van der Waals surface area contributed by atoms with E-state index in [0.29, 0.717) is 13.0 Å². The highest BCUT2D eigenvalue weighted by Crippen LogP contribution is 1.93. The SMILES string of the molecule is C=C(O)OCCC(C)O. The van der Waals surface area contributed by atoms with Gasteiger partial charge in [-0.2, -0.15) is 0 Å². The van der Waals surface area contributed by atoms with Gasteiger partial charge in [0.25, 0.3) is 5.95 Å². The summed E-state index contributed by atoms with van der Waals surface area (Å²) in [5.41, 5.74) is 0. The van der Waals surface area contributed by atoms with Crippen LogP contribution in [-0.4, -0.2) is 22.9 Å². The molecule has 3 nitrogen and oxygen atoms in total. The molecule has 9 heavy (non-hydrogen) atoms. The maximum atomic E-state index is 8.67. The van der Waals surface area contributed by atoms with Gasteiger partial charge in [0.2, 0.25) is 0 Å². The third-order valence-electron chi connectivity index (χ3n) is 0.804. The quantitative estimate of drug-likeness (QED) is 0.556. The van der Waals surface area contributed by atoms with Gasteiger partial charge >= 0.3 is 0 Å². The molecule has 0 aliphatic heterocycles. The number of hydrogen-bond donors (Lipinski definition) is 2. The van der Waals surface area contributed by atoms with Crippen LogP contribution in [0, 0.1) is 0 Å². The Morgan fingerprint density at radius 3 is 2.67 bits per heavy atom. The lowest BCUT2D eigenvalue weighted by molar-refractivity contribution is 0.0686. The fourth-order valence-corrected chi connectivity index (χ4v) is 0.347. The maximum Gasteiger partial charge on any atom is 0.268 e. The molecule has 0 bridgehead atoms. The highest BCUT2D eigenvalue weighted by Gasteiger charge is 1.94. The number of hydrogen-bond acceptors (Lipinski definition) is 3. The summed E-state index contributed by atoms with van der Waals surface area (Å²) in [5, 5.41) is 17.0. The Morgan fingerprint density at radius 2 is 2.33 bits per heavy atom. The van der Waals surface area contributed by atoms with Crippen molar-refractivity contribution in [1.82, 2.24) is 0 Å². The van der Waals surface area contributed by atoms with Crippen LogP contribution in [-0.2, 0) is 4.74 Å². The second kappa shape index (κ2) is 4.21. The van der Waals surface area contributed by atoms with Crippen molar-refractivity contribution in [1.29, 1.82) is 0 Å². The lowest BCUT2D eigenvalue weighted by Gasteiger charge is -2.04. The van der Waals surface area contributed by atoms with Crippen LogP contribution in [0.3, 0.4) is 0 Å². The first-order chi connectivity index (χ1) is 4.13. The van der Waals surface area contributed by atoms with E-state index in [-0.39, 0.29) is 12.0 Å². The zero-order chi connectivity index (χ0) is 7.28. The van der Waals surface area contributed by atoms with Crippen LogP contribution in [0.5, 0.6) is 0 Å². The van der Waals surface area contributed by atoms with Crippen molar-refractivity contribution in [3.63, 3.8) is 0 Å². The van der Waals surface area contributed by atoms with Gasteiger partial charge in [0.05, 0.1) is 12.7 Å². The molecule has 0 aliphatic rings. The molecular formula is C6H12O3. The monoisotopic (exact) mass is 132 g/mol. The number of ether oxygens (including phenoxy) is 1. The van der Waals surface area contributed by atoms with Gasteiger partial charge in [-0.25, -0.2) is 0 Å². The summed E-state index contributed by atoms with van der Waals surface area (Å²) < 4.78 is 4.55. The molecule has 3 heteroatoms. The van der Waals surface area contributed by atoms with Crippen LogP contribution in [0.15, 0.2) is 12.5 Å². The smallest absolute Gasteiger partial charge is 0.268 e. The topological polar surface area (TPSA) is 49.7 Å². The normalized spacial score (nSPS) is 12.7. The molecule has 0 fully saturated rings. The van der Waals surface area contributed by atoms with E-state index in [1.165, 1.54) is 0 Å². The maximum absolute atomic E-state index is 8.67. The molecule has 0 spiro atoms. The number of rotatable bonds is 4. The molecule has 0 radical (unpaired) electrons. The molecule has 0 amide bonds. The van der Waals surface area contributed by atoms with Crippen LogP contribution >= 0.6 is 0 Å². The third-order valence-corrected chi connectivity index (χ3v) is 0.804. The van der Waals surface area contributed by atoms with Gasteiger partial charge in [-0.1, -0.05) is 0 Å². The van der Waals surface area contributed by atoms with E-state index in [2.05, 4.69) is 11.3 Å². The standard InChI is InChI=1S/C6H12O3/c1-5(7)3-4-9-6(2)8/h5,7-8H,2-4H2,1H3. The molecule has 1 atom stereocenters. The second-order valence-corrected chi connectivity index (χ2v) is 1.88. The Hall–Kier alpha value is -0.700. The number of aliphatic hydroxyl groups excluding tert-OH is 2. The van der Waals surface area contributed by atoms with Crippen molar-refractivity contribution in [3.05, 3.63) is 12.5 Å². The fraction of sp³-hybridized carbons (Fsp3) is 0.667. The molecule has 2 N–H and O–H groups in total. The van der Waals surface area contributed by atoms with Gasteiger partial charge in [-0.05, 0) is 13.5 Å². The first-order valence-electron chi connectivity index (χ1n) is 2.81. The van der Waals surface area contributed by atoms with Crippen molar-refractivity contribution >= 4 is 0 Å². The largest absolute Gasteiger partial charge is 0.481 e. The molecule has 0 rings (SSSR count). The lowest BCUT2D eigenvalue weighted by atomic mass is 10.3. The molecule has 1 unspecified atom stereocenters. The first-order valence-corrected chi connectivity index (χ1v) is 2.81. The van der Waals surface area contributed by atoms with Gasteiger partial charge in [0.1, 0.15) is 0 Å². The summed E-state index contributed by atoms with van der Waals surface area (Å²) in [6, 6.07) is 0. The minimum Gasteiger partial charge on any atom is -0.481 e. The van der Waals surface area contributed by atoms with Crippen LogP contribution < -0.4 is 0 Å². The number of aliphatic hydroxyl groups is 2. The summed E-state index contributed by atoms with van der Waals surface area (Å²) >= 11 is 0. The second-order valence-electron chi connectivity index (χ2n) is 1.88. The predicted octanol–water partition coefficient (Wildman–Crippen LogP) is 0.803. The van der Waals surface area contributed by atoms with E-state index in [0.717, 1.165) is 0 Å². The molecule has 0 aromatic rings. The molecule has 0 aromatic heterocycles. The van der Waals surface area contributed by atoms with Crippen molar-refractivity contribution in [2.75, 3.05) is 6.61 Å². The summed E-state index contributed by atoms with van der Waals surface area (Å²) in [6.07, 6.45) is 0.129. The average Bonchev–Trinajstić information content (AvgIpc) is 1.63. The van der Waals surface area contributed by atoms with Crippen molar-refractivity contribution in [2.24, 2.45) is 0 Å².